The molecule has 0 spiro atoms. The van der Waals surface area contributed by atoms with Crippen molar-refractivity contribution in [3.8, 4) is 0 Å². The summed E-state index contributed by atoms with van der Waals surface area (Å²) in [5.74, 6) is 0. The summed E-state index contributed by atoms with van der Waals surface area (Å²) in [6.45, 7) is 4.78. The highest BCUT2D eigenvalue weighted by Gasteiger charge is 2.25. The Labute approximate surface area is 93.4 Å². The number of nitrogens with two attached hydrogens (primary N) is 1. The number of aliphatic hydroxyl groups is 1. The first-order valence-corrected chi connectivity index (χ1v) is 6.31. The van der Waals surface area contributed by atoms with Crippen LogP contribution in [0.25, 0.3) is 0 Å². The first kappa shape index (κ1) is 12.9. The third-order valence-electron chi connectivity index (χ3n) is 3.75. The van der Waals surface area contributed by atoms with Crippen LogP contribution in [0.1, 0.15) is 52.4 Å². The Morgan fingerprint density at radius 3 is 2.53 bits per heavy atom. The molecule has 0 aromatic rings. The maximum absolute atomic E-state index is 10.1. The van der Waals surface area contributed by atoms with E-state index in [4.69, 9.17) is 5.73 Å². The van der Waals surface area contributed by atoms with Crippen LogP contribution in [0.2, 0.25) is 0 Å². The summed E-state index contributed by atoms with van der Waals surface area (Å²) < 4.78 is 0. The van der Waals surface area contributed by atoms with Gasteiger partial charge in [-0.25, -0.2) is 0 Å². The van der Waals surface area contributed by atoms with Crippen molar-refractivity contribution in [3.05, 3.63) is 0 Å². The maximum atomic E-state index is 10.1. The van der Waals surface area contributed by atoms with Gasteiger partial charge >= 0.3 is 0 Å². The Morgan fingerprint density at radius 2 is 2.00 bits per heavy atom. The zero-order chi connectivity index (χ0) is 11.3. The third kappa shape index (κ3) is 4.09. The van der Waals surface area contributed by atoms with E-state index < -0.39 is 5.60 Å². The van der Waals surface area contributed by atoms with E-state index in [-0.39, 0.29) is 0 Å². The molecular weight excluding hydrogens is 188 g/mol. The lowest BCUT2D eigenvalue weighted by molar-refractivity contribution is 0.0283. The van der Waals surface area contributed by atoms with Gasteiger partial charge in [-0.3, -0.25) is 0 Å². The van der Waals surface area contributed by atoms with Crippen molar-refractivity contribution in [3.63, 3.8) is 0 Å². The van der Waals surface area contributed by atoms with Crippen LogP contribution < -0.4 is 11.1 Å². The Bertz CT molecular complexity index is 180. The molecule has 0 heterocycles. The molecule has 1 aliphatic carbocycles. The topological polar surface area (TPSA) is 58.3 Å². The van der Waals surface area contributed by atoms with Gasteiger partial charge in [0.15, 0.2) is 0 Å². The molecular formula is C12H26N2O. The van der Waals surface area contributed by atoms with Gasteiger partial charge in [-0.15, -0.1) is 0 Å². The molecule has 1 rings (SSSR count). The molecule has 15 heavy (non-hydrogen) atoms. The summed E-state index contributed by atoms with van der Waals surface area (Å²) in [6, 6.07) is 0.867. The molecule has 2 unspecified atom stereocenters. The summed E-state index contributed by atoms with van der Waals surface area (Å²) in [5, 5.41) is 13.6. The zero-order valence-electron chi connectivity index (χ0n) is 10.1. The normalized spacial score (nSPS) is 28.0. The zero-order valence-corrected chi connectivity index (χ0v) is 10.1. The number of hydrogen-bond donors (Lipinski definition) is 3. The van der Waals surface area contributed by atoms with Gasteiger partial charge in [-0.2, -0.15) is 0 Å². The van der Waals surface area contributed by atoms with Crippen LogP contribution in [-0.2, 0) is 0 Å². The van der Waals surface area contributed by atoms with Gasteiger partial charge in [-0.1, -0.05) is 20.3 Å². The summed E-state index contributed by atoms with van der Waals surface area (Å²) in [7, 11) is 0. The number of nitrogens with one attached hydrogen (secondary N) is 1. The highest BCUT2D eigenvalue weighted by Crippen LogP contribution is 2.19. The molecule has 2 atom stereocenters. The summed E-state index contributed by atoms with van der Waals surface area (Å²) in [5.41, 5.74) is 5.40. The average Bonchev–Trinajstić information content (AvgIpc) is 2.26. The first-order valence-electron chi connectivity index (χ1n) is 6.31. The smallest absolute Gasteiger partial charge is 0.0766 e. The molecule has 90 valence electrons. The van der Waals surface area contributed by atoms with E-state index in [2.05, 4.69) is 5.32 Å². The predicted octanol–water partition coefficient (Wildman–Crippen LogP) is 1.40. The van der Waals surface area contributed by atoms with Crippen molar-refractivity contribution in [2.75, 3.05) is 6.54 Å². The number of hydrogen-bond acceptors (Lipinski definition) is 3. The standard InChI is InChI=1S/C12H26N2O/c1-3-12(15,4-2)9-14-11-7-5-6-10(13)8-11/h10-11,14-15H,3-9,13H2,1-2H3. The molecule has 3 nitrogen and oxygen atoms in total. The molecule has 1 saturated carbocycles. The Morgan fingerprint density at radius 1 is 1.33 bits per heavy atom. The lowest BCUT2D eigenvalue weighted by atomic mass is 9.90. The average molecular weight is 214 g/mol. The fourth-order valence-electron chi connectivity index (χ4n) is 2.25. The largest absolute Gasteiger partial charge is 0.389 e. The SMILES string of the molecule is CCC(O)(CC)CNC1CCCC(N)C1. The van der Waals surface area contributed by atoms with E-state index in [1.807, 2.05) is 13.8 Å². The lowest BCUT2D eigenvalue weighted by Crippen LogP contribution is -2.47. The third-order valence-corrected chi connectivity index (χ3v) is 3.75. The van der Waals surface area contributed by atoms with Crippen molar-refractivity contribution >= 4 is 0 Å². The molecule has 0 amide bonds. The second kappa shape index (κ2) is 5.83. The van der Waals surface area contributed by atoms with Gasteiger partial charge in [0.2, 0.25) is 0 Å². The fourth-order valence-corrected chi connectivity index (χ4v) is 2.25. The van der Waals surface area contributed by atoms with Crippen LogP contribution in [-0.4, -0.2) is 29.3 Å². The van der Waals surface area contributed by atoms with Crippen molar-refractivity contribution in [1.29, 1.82) is 0 Å². The Balaban J connectivity index is 2.29. The summed E-state index contributed by atoms with van der Waals surface area (Å²) in [4.78, 5) is 0. The van der Waals surface area contributed by atoms with Gasteiger partial charge in [0.25, 0.3) is 0 Å². The fraction of sp³-hybridized carbons (Fsp3) is 1.00. The van der Waals surface area contributed by atoms with Crippen molar-refractivity contribution in [1.82, 2.24) is 5.32 Å². The maximum Gasteiger partial charge on any atom is 0.0766 e. The van der Waals surface area contributed by atoms with Crippen LogP contribution in [0, 0.1) is 0 Å². The van der Waals surface area contributed by atoms with Crippen LogP contribution in [0.5, 0.6) is 0 Å². The summed E-state index contributed by atoms with van der Waals surface area (Å²) in [6.07, 6.45) is 6.27. The molecule has 0 radical (unpaired) electrons. The molecule has 3 heteroatoms. The van der Waals surface area contributed by atoms with Gasteiger partial charge in [0.05, 0.1) is 5.60 Å². The van der Waals surface area contributed by atoms with Crippen LogP contribution in [0.3, 0.4) is 0 Å². The van der Waals surface area contributed by atoms with Crippen LogP contribution in [0.15, 0.2) is 0 Å². The molecule has 1 fully saturated rings. The highest BCUT2D eigenvalue weighted by molar-refractivity contribution is 4.84. The molecule has 0 aromatic heterocycles. The van der Waals surface area contributed by atoms with E-state index in [0.29, 0.717) is 18.6 Å². The van der Waals surface area contributed by atoms with E-state index >= 15 is 0 Å². The Kier molecular flexibility index (Phi) is 5.03. The van der Waals surface area contributed by atoms with Crippen molar-refractivity contribution in [2.24, 2.45) is 5.73 Å². The van der Waals surface area contributed by atoms with Crippen molar-refractivity contribution < 1.29 is 5.11 Å². The lowest BCUT2D eigenvalue weighted by Gasteiger charge is -2.32. The van der Waals surface area contributed by atoms with E-state index in [9.17, 15) is 5.11 Å². The van der Waals surface area contributed by atoms with E-state index in [1.165, 1.54) is 12.8 Å². The van der Waals surface area contributed by atoms with Crippen LogP contribution >= 0.6 is 0 Å². The molecule has 0 bridgehead atoms. The van der Waals surface area contributed by atoms with Crippen molar-refractivity contribution in [2.45, 2.75) is 70.1 Å². The van der Waals surface area contributed by atoms with E-state index in [0.717, 1.165) is 25.7 Å². The van der Waals surface area contributed by atoms with Crippen LogP contribution in [0.4, 0.5) is 0 Å². The Hall–Kier alpha value is -0.120. The molecule has 1 aliphatic rings. The minimum absolute atomic E-state index is 0.354. The molecule has 0 aromatic carbocycles. The van der Waals surface area contributed by atoms with E-state index in [1.54, 1.807) is 0 Å². The minimum atomic E-state index is -0.526. The second-order valence-electron chi connectivity index (χ2n) is 4.94. The first-order chi connectivity index (χ1) is 7.09. The monoisotopic (exact) mass is 214 g/mol. The van der Waals surface area contributed by atoms with Gasteiger partial charge in [0, 0.05) is 18.6 Å². The highest BCUT2D eigenvalue weighted by atomic mass is 16.3. The molecule has 4 N–H and O–H groups in total. The quantitative estimate of drug-likeness (QED) is 0.648. The van der Waals surface area contributed by atoms with Gasteiger partial charge in [0.1, 0.15) is 0 Å². The minimum Gasteiger partial charge on any atom is -0.389 e. The molecule has 0 aliphatic heterocycles. The summed E-state index contributed by atoms with van der Waals surface area (Å²) >= 11 is 0. The van der Waals surface area contributed by atoms with Gasteiger partial charge in [-0.05, 0) is 32.1 Å². The molecule has 0 saturated heterocycles. The predicted molar refractivity (Wildman–Crippen MR) is 63.8 cm³/mol. The second-order valence-corrected chi connectivity index (χ2v) is 4.94. The van der Waals surface area contributed by atoms with Gasteiger partial charge < -0.3 is 16.2 Å². The number of rotatable bonds is 5.